The Morgan fingerprint density at radius 2 is 1.85 bits per heavy atom. The van der Waals surface area contributed by atoms with Crippen molar-refractivity contribution in [2.24, 2.45) is 0 Å². The summed E-state index contributed by atoms with van der Waals surface area (Å²) in [5, 5.41) is 0.743. The molecule has 2 heterocycles. The number of ether oxygens (including phenoxy) is 1. The molecule has 1 fully saturated rings. The first-order valence-electron chi connectivity index (χ1n) is 11.3. The summed E-state index contributed by atoms with van der Waals surface area (Å²) in [6.07, 6.45) is 1.30. The van der Waals surface area contributed by atoms with Crippen molar-refractivity contribution in [3.8, 4) is 5.75 Å². The quantitative estimate of drug-likeness (QED) is 0.319. The van der Waals surface area contributed by atoms with Gasteiger partial charge in [-0.3, -0.25) is 4.79 Å². The van der Waals surface area contributed by atoms with E-state index < -0.39 is 0 Å². The fraction of sp³-hybridized carbons (Fsp3) is 0.259. The summed E-state index contributed by atoms with van der Waals surface area (Å²) >= 11 is 6.11. The number of rotatable bonds is 7. The van der Waals surface area contributed by atoms with E-state index in [4.69, 9.17) is 21.3 Å². The molecule has 4 aromatic rings. The Bertz CT molecular complexity index is 1290. The summed E-state index contributed by atoms with van der Waals surface area (Å²) < 4.78 is 8.22. The van der Waals surface area contributed by atoms with Crippen molar-refractivity contribution >= 4 is 34.2 Å². The Balaban J connectivity index is 1.33. The van der Waals surface area contributed by atoms with Crippen LogP contribution in [-0.2, 0) is 11.3 Å². The molecule has 0 radical (unpaired) electrons. The lowest BCUT2D eigenvalue weighted by atomic mass is 10.1. The van der Waals surface area contributed by atoms with Crippen molar-refractivity contribution in [3.63, 3.8) is 0 Å². The molecule has 5 nitrogen and oxygen atoms in total. The number of benzene rings is 3. The molecule has 0 N–H and O–H groups in total. The van der Waals surface area contributed by atoms with Crippen molar-refractivity contribution in [2.45, 2.75) is 32.2 Å². The number of aryl methyl sites for hydroxylation is 2. The fourth-order valence-electron chi connectivity index (χ4n) is 4.50. The SMILES string of the molecule is Cc1cc(OCCCn2c(C3CC(=O)N(c4ccccc4)C3)nc3ccccc32)ccc1Cl. The van der Waals surface area contributed by atoms with Gasteiger partial charge in [0.05, 0.1) is 17.6 Å². The highest BCUT2D eigenvalue weighted by Gasteiger charge is 2.34. The van der Waals surface area contributed by atoms with Gasteiger partial charge in [-0.25, -0.2) is 4.98 Å². The standard InChI is InChI=1S/C27H26ClN3O2/c1-19-16-22(12-13-23(19)28)33-15-7-14-30-25-11-6-5-10-24(25)29-27(30)20-17-26(32)31(18-20)21-8-3-2-4-9-21/h2-6,8-13,16,20H,7,14-15,17-18H2,1H3. The number of fused-ring (bicyclic) bond motifs is 1. The molecule has 1 amide bonds. The average Bonchev–Trinajstić information content (AvgIpc) is 3.40. The number of nitrogens with zero attached hydrogens (tertiary/aromatic N) is 3. The second kappa shape index (κ2) is 9.28. The van der Waals surface area contributed by atoms with Crippen molar-refractivity contribution < 1.29 is 9.53 Å². The summed E-state index contributed by atoms with van der Waals surface area (Å²) in [5.41, 5.74) is 4.01. The van der Waals surface area contributed by atoms with Crippen LogP contribution < -0.4 is 9.64 Å². The van der Waals surface area contributed by atoms with Gasteiger partial charge in [-0.05, 0) is 61.4 Å². The fourth-order valence-corrected chi connectivity index (χ4v) is 4.62. The lowest BCUT2D eigenvalue weighted by Crippen LogP contribution is -2.24. The van der Waals surface area contributed by atoms with E-state index in [0.29, 0.717) is 19.6 Å². The third kappa shape index (κ3) is 4.46. The highest BCUT2D eigenvalue weighted by molar-refractivity contribution is 6.31. The maximum Gasteiger partial charge on any atom is 0.227 e. The average molecular weight is 460 g/mol. The normalized spacial score (nSPS) is 16.0. The zero-order chi connectivity index (χ0) is 22.8. The van der Waals surface area contributed by atoms with E-state index in [0.717, 1.165) is 51.8 Å². The summed E-state index contributed by atoms with van der Waals surface area (Å²) in [4.78, 5) is 19.6. The molecule has 1 aliphatic rings. The first kappa shape index (κ1) is 21.5. The van der Waals surface area contributed by atoms with Crippen LogP contribution in [0.3, 0.4) is 0 Å². The minimum Gasteiger partial charge on any atom is -0.494 e. The smallest absolute Gasteiger partial charge is 0.227 e. The number of aromatic nitrogens is 2. The first-order chi connectivity index (χ1) is 16.1. The number of carbonyl (C=O) groups is 1. The lowest BCUT2D eigenvalue weighted by Gasteiger charge is -2.17. The molecule has 6 heteroatoms. The van der Waals surface area contributed by atoms with Crippen molar-refractivity contribution in [2.75, 3.05) is 18.1 Å². The van der Waals surface area contributed by atoms with Gasteiger partial charge < -0.3 is 14.2 Å². The van der Waals surface area contributed by atoms with Gasteiger partial charge in [0.1, 0.15) is 11.6 Å². The van der Waals surface area contributed by atoms with Crippen molar-refractivity contribution in [3.05, 3.63) is 89.2 Å². The van der Waals surface area contributed by atoms with Crippen LogP contribution in [-0.4, -0.2) is 28.6 Å². The molecule has 1 saturated heterocycles. The van der Waals surface area contributed by atoms with E-state index in [-0.39, 0.29) is 11.8 Å². The Hall–Kier alpha value is -3.31. The van der Waals surface area contributed by atoms with Crippen LogP contribution in [0.1, 0.15) is 30.1 Å². The van der Waals surface area contributed by atoms with Gasteiger partial charge in [0.2, 0.25) is 5.91 Å². The van der Waals surface area contributed by atoms with Crippen molar-refractivity contribution in [1.29, 1.82) is 0 Å². The Labute approximate surface area is 198 Å². The number of carbonyl (C=O) groups excluding carboxylic acids is 1. The number of amides is 1. The van der Waals surface area contributed by atoms with Gasteiger partial charge in [-0.1, -0.05) is 41.9 Å². The third-order valence-electron chi connectivity index (χ3n) is 6.17. The Morgan fingerprint density at radius 3 is 2.67 bits per heavy atom. The molecule has 1 aliphatic heterocycles. The molecule has 0 bridgehead atoms. The summed E-state index contributed by atoms with van der Waals surface area (Å²) in [7, 11) is 0. The predicted molar refractivity (Wildman–Crippen MR) is 132 cm³/mol. The van der Waals surface area contributed by atoms with E-state index in [1.165, 1.54) is 0 Å². The Morgan fingerprint density at radius 1 is 1.06 bits per heavy atom. The van der Waals surface area contributed by atoms with Gasteiger partial charge in [0.15, 0.2) is 0 Å². The molecule has 1 aromatic heterocycles. The van der Waals surface area contributed by atoms with Crippen LogP contribution >= 0.6 is 11.6 Å². The second-order valence-corrected chi connectivity index (χ2v) is 8.87. The summed E-state index contributed by atoms with van der Waals surface area (Å²) in [6.45, 7) is 3.98. The molecule has 5 rings (SSSR count). The number of hydrogen-bond acceptors (Lipinski definition) is 3. The molecule has 3 aromatic carbocycles. The third-order valence-corrected chi connectivity index (χ3v) is 6.59. The predicted octanol–water partition coefficient (Wildman–Crippen LogP) is 5.99. The number of halogens is 1. The highest BCUT2D eigenvalue weighted by atomic mass is 35.5. The van der Waals surface area contributed by atoms with Gasteiger partial charge in [0, 0.05) is 36.1 Å². The van der Waals surface area contributed by atoms with E-state index in [1.54, 1.807) is 0 Å². The second-order valence-electron chi connectivity index (χ2n) is 8.46. The van der Waals surface area contributed by atoms with E-state index in [9.17, 15) is 4.79 Å². The van der Waals surface area contributed by atoms with Crippen LogP contribution in [0.2, 0.25) is 5.02 Å². The van der Waals surface area contributed by atoms with Crippen LogP contribution in [0.25, 0.3) is 11.0 Å². The van der Waals surface area contributed by atoms with Gasteiger partial charge >= 0.3 is 0 Å². The molecule has 0 aliphatic carbocycles. The van der Waals surface area contributed by atoms with Gasteiger partial charge in [-0.15, -0.1) is 0 Å². The van der Waals surface area contributed by atoms with Crippen LogP contribution in [0.4, 0.5) is 5.69 Å². The molecule has 0 saturated carbocycles. The first-order valence-corrected chi connectivity index (χ1v) is 11.7. The van der Waals surface area contributed by atoms with E-state index >= 15 is 0 Å². The topological polar surface area (TPSA) is 47.4 Å². The monoisotopic (exact) mass is 459 g/mol. The zero-order valence-corrected chi connectivity index (χ0v) is 19.3. The maximum absolute atomic E-state index is 12.8. The molecule has 33 heavy (non-hydrogen) atoms. The number of para-hydroxylation sites is 3. The largest absolute Gasteiger partial charge is 0.494 e. The van der Waals surface area contributed by atoms with Crippen LogP contribution in [0, 0.1) is 6.92 Å². The highest BCUT2D eigenvalue weighted by Crippen LogP contribution is 2.33. The van der Waals surface area contributed by atoms with Crippen molar-refractivity contribution in [1.82, 2.24) is 9.55 Å². The maximum atomic E-state index is 12.8. The minimum absolute atomic E-state index is 0.0601. The number of anilines is 1. The molecular weight excluding hydrogens is 434 g/mol. The zero-order valence-electron chi connectivity index (χ0n) is 18.6. The summed E-state index contributed by atoms with van der Waals surface area (Å²) in [5.74, 6) is 2.01. The molecule has 1 unspecified atom stereocenters. The molecule has 168 valence electrons. The van der Waals surface area contributed by atoms with Gasteiger partial charge in [-0.2, -0.15) is 0 Å². The van der Waals surface area contributed by atoms with Crippen LogP contribution in [0.5, 0.6) is 5.75 Å². The Kier molecular flexibility index (Phi) is 6.05. The molecule has 0 spiro atoms. The number of hydrogen-bond donors (Lipinski definition) is 0. The van der Waals surface area contributed by atoms with Crippen LogP contribution in [0.15, 0.2) is 72.8 Å². The van der Waals surface area contributed by atoms with E-state index in [2.05, 4.69) is 10.6 Å². The minimum atomic E-state index is 0.0601. The molecule has 1 atom stereocenters. The van der Waals surface area contributed by atoms with E-state index in [1.807, 2.05) is 78.6 Å². The van der Waals surface area contributed by atoms with Gasteiger partial charge in [0.25, 0.3) is 0 Å². The molecular formula is C27H26ClN3O2. The number of imidazole rings is 1. The summed E-state index contributed by atoms with van der Waals surface area (Å²) in [6, 6.07) is 23.8. The lowest BCUT2D eigenvalue weighted by molar-refractivity contribution is -0.117.